The zero-order valence-electron chi connectivity index (χ0n) is 10.9. The number of hydrogen-bond donors (Lipinski definition) is 1. The lowest BCUT2D eigenvalue weighted by molar-refractivity contribution is 0.182. The summed E-state index contributed by atoms with van der Waals surface area (Å²) in [6.45, 7) is 13.0. The fourth-order valence-corrected chi connectivity index (χ4v) is 2.56. The smallest absolute Gasteiger partial charge is 0.182 e. The number of hydrogen-bond acceptors (Lipinski definition) is 4. The molecule has 0 saturated carbocycles. The van der Waals surface area contributed by atoms with Crippen molar-refractivity contribution in [1.29, 1.82) is 0 Å². The van der Waals surface area contributed by atoms with E-state index in [0.717, 1.165) is 23.9 Å². The third-order valence-corrected chi connectivity index (χ3v) is 3.51. The minimum atomic E-state index is 0.597. The summed E-state index contributed by atoms with van der Waals surface area (Å²) in [6, 6.07) is 1.19. The molecular formula is C12H23N3S. The van der Waals surface area contributed by atoms with E-state index in [1.165, 1.54) is 0 Å². The molecule has 1 N–H and O–H groups in total. The topological polar surface area (TPSA) is 28.2 Å². The molecule has 1 rings (SSSR count). The minimum Gasteiger partial charge on any atom is -0.360 e. The lowest BCUT2D eigenvalue weighted by atomic mass is 10.2. The molecule has 1 aromatic heterocycles. The molecule has 0 atom stereocenters. The van der Waals surface area contributed by atoms with Gasteiger partial charge in [0.15, 0.2) is 5.13 Å². The first-order chi connectivity index (χ1) is 7.50. The van der Waals surface area contributed by atoms with Gasteiger partial charge in [-0.3, -0.25) is 4.90 Å². The van der Waals surface area contributed by atoms with Gasteiger partial charge in [-0.15, -0.1) is 11.3 Å². The first-order valence-corrected chi connectivity index (χ1v) is 6.80. The Labute approximate surface area is 103 Å². The van der Waals surface area contributed by atoms with Crippen LogP contribution in [0.1, 0.15) is 33.4 Å². The van der Waals surface area contributed by atoms with Crippen molar-refractivity contribution in [3.8, 4) is 0 Å². The van der Waals surface area contributed by atoms with E-state index in [0.29, 0.717) is 12.1 Å². The van der Waals surface area contributed by atoms with Gasteiger partial charge >= 0.3 is 0 Å². The second-order valence-electron chi connectivity index (χ2n) is 4.65. The van der Waals surface area contributed by atoms with Crippen LogP contribution in [0.5, 0.6) is 0 Å². The molecule has 0 aliphatic carbocycles. The highest BCUT2D eigenvalue weighted by molar-refractivity contribution is 7.13. The number of nitrogens with one attached hydrogen (secondary N) is 1. The Hall–Kier alpha value is -0.610. The van der Waals surface area contributed by atoms with Crippen molar-refractivity contribution in [1.82, 2.24) is 9.88 Å². The van der Waals surface area contributed by atoms with E-state index < -0.39 is 0 Å². The fraction of sp³-hybridized carbons (Fsp3) is 0.750. The SMILES string of the molecule is Cc1csc(NCCN(C(C)C)C(C)C)n1. The maximum atomic E-state index is 4.39. The Morgan fingerprint density at radius 2 is 1.94 bits per heavy atom. The standard InChI is InChI=1S/C12H23N3S/c1-9(2)15(10(3)4)7-6-13-12-14-11(5)8-16-12/h8-10H,6-7H2,1-5H3,(H,13,14). The molecule has 1 heterocycles. The molecule has 92 valence electrons. The van der Waals surface area contributed by atoms with Crippen LogP contribution in [-0.2, 0) is 0 Å². The van der Waals surface area contributed by atoms with E-state index in [1.807, 2.05) is 6.92 Å². The first-order valence-electron chi connectivity index (χ1n) is 5.92. The lowest BCUT2D eigenvalue weighted by Crippen LogP contribution is -2.40. The number of anilines is 1. The van der Waals surface area contributed by atoms with E-state index in [1.54, 1.807) is 11.3 Å². The zero-order valence-corrected chi connectivity index (χ0v) is 11.8. The zero-order chi connectivity index (χ0) is 12.1. The van der Waals surface area contributed by atoms with Crippen molar-refractivity contribution in [3.63, 3.8) is 0 Å². The predicted molar refractivity (Wildman–Crippen MR) is 72.3 cm³/mol. The second kappa shape index (κ2) is 6.21. The monoisotopic (exact) mass is 241 g/mol. The number of nitrogens with zero attached hydrogens (tertiary/aromatic N) is 2. The van der Waals surface area contributed by atoms with Gasteiger partial charge in [-0.1, -0.05) is 0 Å². The van der Waals surface area contributed by atoms with Crippen LogP contribution < -0.4 is 5.32 Å². The third kappa shape index (κ3) is 4.10. The highest BCUT2D eigenvalue weighted by Crippen LogP contribution is 2.14. The first kappa shape index (κ1) is 13.5. The maximum Gasteiger partial charge on any atom is 0.182 e. The van der Waals surface area contributed by atoms with Crippen LogP contribution >= 0.6 is 11.3 Å². The molecule has 0 unspecified atom stereocenters. The summed E-state index contributed by atoms with van der Waals surface area (Å²) in [5, 5.41) is 6.48. The van der Waals surface area contributed by atoms with Crippen LogP contribution in [-0.4, -0.2) is 35.1 Å². The summed E-state index contributed by atoms with van der Waals surface area (Å²) < 4.78 is 0. The minimum absolute atomic E-state index is 0.597. The Balaban J connectivity index is 2.33. The van der Waals surface area contributed by atoms with Gasteiger partial charge in [0.25, 0.3) is 0 Å². The van der Waals surface area contributed by atoms with Gasteiger partial charge in [0, 0.05) is 30.6 Å². The van der Waals surface area contributed by atoms with E-state index in [4.69, 9.17) is 0 Å². The summed E-state index contributed by atoms with van der Waals surface area (Å²) in [4.78, 5) is 6.87. The Bertz CT molecular complexity index is 299. The molecule has 0 radical (unpaired) electrons. The molecule has 1 aromatic rings. The molecule has 0 bridgehead atoms. The van der Waals surface area contributed by atoms with Gasteiger partial charge in [-0.25, -0.2) is 4.98 Å². The summed E-state index contributed by atoms with van der Waals surface area (Å²) in [5.41, 5.74) is 1.09. The number of thiazole rings is 1. The van der Waals surface area contributed by atoms with Crippen LogP contribution in [0, 0.1) is 6.92 Å². The normalized spacial score (nSPS) is 11.8. The van der Waals surface area contributed by atoms with Crippen molar-refractivity contribution in [3.05, 3.63) is 11.1 Å². The van der Waals surface area contributed by atoms with Gasteiger partial charge in [-0.2, -0.15) is 0 Å². The molecular weight excluding hydrogens is 218 g/mol. The average Bonchev–Trinajstić information content (AvgIpc) is 2.57. The number of aromatic nitrogens is 1. The van der Waals surface area contributed by atoms with E-state index in [9.17, 15) is 0 Å². The maximum absolute atomic E-state index is 4.39. The Morgan fingerprint density at radius 3 is 2.38 bits per heavy atom. The van der Waals surface area contributed by atoms with Gasteiger partial charge < -0.3 is 5.32 Å². The van der Waals surface area contributed by atoms with Gasteiger partial charge in [-0.05, 0) is 34.6 Å². The van der Waals surface area contributed by atoms with Crippen LogP contribution in [0.25, 0.3) is 0 Å². The van der Waals surface area contributed by atoms with Crippen molar-refractivity contribution >= 4 is 16.5 Å². The van der Waals surface area contributed by atoms with E-state index >= 15 is 0 Å². The fourth-order valence-electron chi connectivity index (χ4n) is 1.84. The molecule has 4 heteroatoms. The average molecular weight is 241 g/mol. The van der Waals surface area contributed by atoms with Crippen molar-refractivity contribution in [2.24, 2.45) is 0 Å². The van der Waals surface area contributed by atoms with Crippen molar-refractivity contribution in [2.75, 3.05) is 18.4 Å². The van der Waals surface area contributed by atoms with Crippen molar-refractivity contribution in [2.45, 2.75) is 46.7 Å². The molecule has 16 heavy (non-hydrogen) atoms. The van der Waals surface area contributed by atoms with Gasteiger partial charge in [0.05, 0.1) is 5.69 Å². The van der Waals surface area contributed by atoms with Gasteiger partial charge in [0.1, 0.15) is 0 Å². The van der Waals surface area contributed by atoms with Crippen molar-refractivity contribution < 1.29 is 0 Å². The van der Waals surface area contributed by atoms with Gasteiger partial charge in [0.2, 0.25) is 0 Å². The summed E-state index contributed by atoms with van der Waals surface area (Å²) in [6.07, 6.45) is 0. The molecule has 3 nitrogen and oxygen atoms in total. The lowest BCUT2D eigenvalue weighted by Gasteiger charge is -2.30. The van der Waals surface area contributed by atoms with E-state index in [2.05, 4.69) is 48.3 Å². The van der Waals surface area contributed by atoms with Crippen LogP contribution in [0.4, 0.5) is 5.13 Å². The number of rotatable bonds is 6. The molecule has 0 amide bonds. The molecule has 0 saturated heterocycles. The third-order valence-electron chi connectivity index (χ3n) is 2.59. The Kier molecular flexibility index (Phi) is 5.22. The molecule has 0 aliphatic heterocycles. The molecule has 0 aliphatic rings. The number of aryl methyl sites for hydroxylation is 1. The quantitative estimate of drug-likeness (QED) is 0.830. The van der Waals surface area contributed by atoms with Crippen LogP contribution in [0.3, 0.4) is 0 Å². The summed E-state index contributed by atoms with van der Waals surface area (Å²) in [7, 11) is 0. The largest absolute Gasteiger partial charge is 0.360 e. The molecule has 0 aromatic carbocycles. The second-order valence-corrected chi connectivity index (χ2v) is 5.50. The summed E-state index contributed by atoms with van der Waals surface area (Å²) >= 11 is 1.68. The molecule has 0 fully saturated rings. The van der Waals surface area contributed by atoms with Crippen LogP contribution in [0.2, 0.25) is 0 Å². The van der Waals surface area contributed by atoms with Crippen LogP contribution in [0.15, 0.2) is 5.38 Å². The predicted octanol–water partition coefficient (Wildman–Crippen LogP) is 2.98. The molecule has 0 spiro atoms. The van der Waals surface area contributed by atoms with E-state index in [-0.39, 0.29) is 0 Å². The highest BCUT2D eigenvalue weighted by atomic mass is 32.1. The highest BCUT2D eigenvalue weighted by Gasteiger charge is 2.12. The summed E-state index contributed by atoms with van der Waals surface area (Å²) in [5.74, 6) is 0. The Morgan fingerprint density at radius 1 is 1.31 bits per heavy atom.